The number of furan rings is 1. The molecule has 1 aromatic heterocycles. The van der Waals surface area contributed by atoms with Gasteiger partial charge in [-0.2, -0.15) is 0 Å². The van der Waals surface area contributed by atoms with Gasteiger partial charge in [0.05, 0.1) is 31.1 Å². The normalized spacial score (nSPS) is 20.2. The Morgan fingerprint density at radius 3 is 2.60 bits per heavy atom. The maximum absolute atomic E-state index is 13.1. The van der Waals surface area contributed by atoms with Crippen molar-refractivity contribution in [3.05, 3.63) is 70.3 Å². The quantitative estimate of drug-likeness (QED) is 0.679. The van der Waals surface area contributed by atoms with Gasteiger partial charge in [0.2, 0.25) is 5.78 Å². The van der Waals surface area contributed by atoms with Crippen LogP contribution in [0.2, 0.25) is 5.02 Å². The van der Waals surface area contributed by atoms with E-state index >= 15 is 0 Å². The van der Waals surface area contributed by atoms with E-state index in [2.05, 4.69) is 4.90 Å². The lowest BCUT2D eigenvalue weighted by molar-refractivity contribution is -0.129. The van der Waals surface area contributed by atoms with Crippen molar-refractivity contribution in [1.82, 2.24) is 9.80 Å². The predicted molar refractivity (Wildman–Crippen MR) is 110 cm³/mol. The number of halogens is 1. The van der Waals surface area contributed by atoms with E-state index in [4.69, 9.17) is 20.8 Å². The van der Waals surface area contributed by atoms with E-state index in [0.717, 1.165) is 19.6 Å². The number of nitrogens with zero attached hydrogens (tertiary/aromatic N) is 2. The average Bonchev–Trinajstić information content (AvgIpc) is 3.38. The lowest BCUT2D eigenvalue weighted by Gasteiger charge is -2.30. The first-order valence-electron chi connectivity index (χ1n) is 9.94. The number of aliphatic hydroxyl groups is 1. The third-order valence-corrected chi connectivity index (χ3v) is 5.81. The van der Waals surface area contributed by atoms with Crippen molar-refractivity contribution in [2.24, 2.45) is 0 Å². The number of carbonyl (C=O) groups is 2. The van der Waals surface area contributed by atoms with Gasteiger partial charge in [-0.3, -0.25) is 14.5 Å². The molecule has 30 heavy (non-hydrogen) atoms. The molecule has 0 radical (unpaired) electrons. The number of ether oxygens (including phenoxy) is 1. The lowest BCUT2D eigenvalue weighted by Crippen LogP contribution is -2.39. The first-order chi connectivity index (χ1) is 14.6. The maximum Gasteiger partial charge on any atom is 0.290 e. The predicted octanol–water partition coefficient (Wildman–Crippen LogP) is 3.23. The number of hydrogen-bond acceptors (Lipinski definition) is 6. The molecule has 0 bridgehead atoms. The molecule has 1 N–H and O–H groups in total. The zero-order valence-corrected chi connectivity index (χ0v) is 17.2. The SMILES string of the molecule is O=C(C1=C(O)C(=O)N(CCCN2CCOCC2)[C@H]1c1ccccc1Cl)c1ccco1. The number of morpholine rings is 1. The van der Waals surface area contributed by atoms with Crippen molar-refractivity contribution in [1.29, 1.82) is 0 Å². The second-order valence-corrected chi connectivity index (χ2v) is 7.71. The Kier molecular flexibility index (Phi) is 6.22. The minimum atomic E-state index is -0.770. The van der Waals surface area contributed by atoms with Crippen LogP contribution in [0.4, 0.5) is 0 Å². The van der Waals surface area contributed by atoms with E-state index in [1.807, 2.05) is 0 Å². The van der Waals surface area contributed by atoms with Crippen LogP contribution in [-0.4, -0.2) is 66.0 Å². The molecule has 1 aromatic carbocycles. The van der Waals surface area contributed by atoms with Crippen molar-refractivity contribution < 1.29 is 23.8 Å². The molecule has 8 heteroatoms. The van der Waals surface area contributed by atoms with Crippen LogP contribution in [0.3, 0.4) is 0 Å². The molecule has 1 atom stereocenters. The summed E-state index contributed by atoms with van der Waals surface area (Å²) >= 11 is 6.42. The topological polar surface area (TPSA) is 83.2 Å². The number of carbonyl (C=O) groups excluding carboxylic acids is 2. The standard InChI is InChI=1S/C22H23ClN2O5/c23-16-6-2-1-5-15(16)19-18(20(26)17-7-3-12-30-17)21(27)22(28)25(19)9-4-8-24-10-13-29-14-11-24/h1-3,5-7,12,19,27H,4,8-11,13-14H2/t19-/m0/s1. The zero-order chi connectivity index (χ0) is 21.1. The summed E-state index contributed by atoms with van der Waals surface area (Å²) in [6, 6.07) is 9.38. The molecule has 2 aliphatic heterocycles. The molecule has 1 fully saturated rings. The van der Waals surface area contributed by atoms with Gasteiger partial charge in [-0.25, -0.2) is 0 Å². The summed E-state index contributed by atoms with van der Waals surface area (Å²) < 4.78 is 10.6. The van der Waals surface area contributed by atoms with Gasteiger partial charge in [-0.15, -0.1) is 0 Å². The Balaban J connectivity index is 1.61. The highest BCUT2D eigenvalue weighted by Crippen LogP contribution is 2.41. The highest BCUT2D eigenvalue weighted by atomic mass is 35.5. The summed E-state index contributed by atoms with van der Waals surface area (Å²) in [5.74, 6) is -1.58. The molecule has 1 amide bonds. The van der Waals surface area contributed by atoms with E-state index in [1.54, 1.807) is 30.3 Å². The van der Waals surface area contributed by atoms with Crippen LogP contribution in [0.25, 0.3) is 0 Å². The molecule has 2 aromatic rings. The highest BCUT2D eigenvalue weighted by molar-refractivity contribution is 6.31. The van der Waals surface area contributed by atoms with Crippen LogP contribution in [0, 0.1) is 0 Å². The summed E-state index contributed by atoms with van der Waals surface area (Å²) in [6.45, 7) is 4.29. The Hall–Kier alpha value is -2.61. The van der Waals surface area contributed by atoms with E-state index < -0.39 is 23.5 Å². The Labute approximate surface area is 179 Å². The lowest BCUT2D eigenvalue weighted by atomic mass is 9.95. The molecule has 2 aliphatic rings. The minimum Gasteiger partial charge on any atom is -0.503 e. The number of ketones is 1. The fraction of sp³-hybridized carbons (Fsp3) is 0.364. The summed E-state index contributed by atoms with van der Waals surface area (Å²) in [6.07, 6.45) is 2.08. The molecule has 1 saturated heterocycles. The zero-order valence-electron chi connectivity index (χ0n) is 16.4. The molecule has 158 valence electrons. The number of rotatable bonds is 7. The second kappa shape index (κ2) is 9.04. The summed E-state index contributed by atoms with van der Waals surface area (Å²) in [5.41, 5.74) is 0.590. The van der Waals surface area contributed by atoms with Crippen molar-refractivity contribution in [2.45, 2.75) is 12.5 Å². The fourth-order valence-electron chi connectivity index (χ4n) is 3.97. The largest absolute Gasteiger partial charge is 0.503 e. The van der Waals surface area contributed by atoms with Gasteiger partial charge in [-0.1, -0.05) is 29.8 Å². The number of aliphatic hydroxyl groups excluding tert-OH is 1. The van der Waals surface area contributed by atoms with Gasteiger partial charge in [0.25, 0.3) is 5.91 Å². The molecule has 7 nitrogen and oxygen atoms in total. The van der Waals surface area contributed by atoms with Crippen molar-refractivity contribution in [2.75, 3.05) is 39.4 Å². The van der Waals surface area contributed by atoms with E-state index in [1.165, 1.54) is 17.2 Å². The summed E-state index contributed by atoms with van der Waals surface area (Å²) in [4.78, 5) is 29.8. The summed E-state index contributed by atoms with van der Waals surface area (Å²) in [7, 11) is 0. The van der Waals surface area contributed by atoms with Crippen LogP contribution < -0.4 is 0 Å². The molecule has 3 heterocycles. The number of Topliss-reactive ketones (excluding diaryl/α,β-unsaturated/α-hetero) is 1. The van der Waals surface area contributed by atoms with Gasteiger partial charge in [0.15, 0.2) is 11.5 Å². The monoisotopic (exact) mass is 430 g/mol. The highest BCUT2D eigenvalue weighted by Gasteiger charge is 2.44. The molecule has 0 saturated carbocycles. The molecule has 0 aliphatic carbocycles. The third kappa shape index (κ3) is 4.01. The first-order valence-corrected chi connectivity index (χ1v) is 10.3. The van der Waals surface area contributed by atoms with Crippen LogP contribution >= 0.6 is 11.6 Å². The van der Waals surface area contributed by atoms with Crippen LogP contribution in [-0.2, 0) is 9.53 Å². The second-order valence-electron chi connectivity index (χ2n) is 7.30. The fourth-order valence-corrected chi connectivity index (χ4v) is 4.21. The maximum atomic E-state index is 13.1. The van der Waals surface area contributed by atoms with Crippen LogP contribution in [0.15, 0.2) is 58.4 Å². The number of benzene rings is 1. The number of amides is 1. The molecule has 4 rings (SSSR count). The molecule has 0 unspecified atom stereocenters. The van der Waals surface area contributed by atoms with Gasteiger partial charge >= 0.3 is 0 Å². The Morgan fingerprint density at radius 2 is 1.90 bits per heavy atom. The van der Waals surface area contributed by atoms with Crippen LogP contribution in [0.5, 0.6) is 0 Å². The Bertz CT molecular complexity index is 950. The van der Waals surface area contributed by atoms with E-state index in [9.17, 15) is 14.7 Å². The Morgan fingerprint density at radius 1 is 1.13 bits per heavy atom. The first kappa shape index (κ1) is 20.7. The average molecular weight is 431 g/mol. The third-order valence-electron chi connectivity index (χ3n) is 5.47. The van der Waals surface area contributed by atoms with E-state index in [0.29, 0.717) is 36.8 Å². The number of hydrogen-bond donors (Lipinski definition) is 1. The van der Waals surface area contributed by atoms with E-state index in [-0.39, 0.29) is 11.3 Å². The van der Waals surface area contributed by atoms with Gasteiger partial charge in [0.1, 0.15) is 0 Å². The smallest absolute Gasteiger partial charge is 0.290 e. The summed E-state index contributed by atoms with van der Waals surface area (Å²) in [5, 5.41) is 11.0. The van der Waals surface area contributed by atoms with Gasteiger partial charge in [-0.05, 0) is 30.2 Å². The minimum absolute atomic E-state index is 0.00516. The molecule has 0 spiro atoms. The van der Waals surface area contributed by atoms with Crippen molar-refractivity contribution >= 4 is 23.3 Å². The molecular weight excluding hydrogens is 408 g/mol. The van der Waals surface area contributed by atoms with Crippen molar-refractivity contribution in [3.63, 3.8) is 0 Å². The van der Waals surface area contributed by atoms with Gasteiger partial charge < -0.3 is 19.2 Å². The van der Waals surface area contributed by atoms with Crippen molar-refractivity contribution in [3.8, 4) is 0 Å². The van der Waals surface area contributed by atoms with Crippen LogP contribution in [0.1, 0.15) is 28.6 Å². The van der Waals surface area contributed by atoms with Gasteiger partial charge in [0, 0.05) is 31.2 Å². The molecular formula is C22H23ClN2O5.